The molecule has 1 aromatic carbocycles. The zero-order chi connectivity index (χ0) is 14.0. The molecule has 0 bridgehead atoms. The topological polar surface area (TPSA) is 54.4 Å². The van der Waals surface area contributed by atoms with Gasteiger partial charge in [-0.25, -0.2) is 8.42 Å². The quantitative estimate of drug-likeness (QED) is 0.915. The minimum Gasteiger partial charge on any atom is -0.393 e. The molecule has 0 saturated carbocycles. The fraction of sp³-hybridized carbons (Fsp3) is 0.571. The Kier molecular flexibility index (Phi) is 4.56. The Hall–Kier alpha value is -0.870. The first-order valence-electron chi connectivity index (χ1n) is 6.10. The molecule has 102 valence electrons. The number of benzene rings is 1. The van der Waals surface area contributed by atoms with Crippen LogP contribution < -0.4 is 0 Å². The standard InChI is InChI=1S/C14H22O3S/c1-11-5-7-12(8-6-11)18(16,17)10-9-13(15)14(2,3)4/h5-8,13,15H,9-10H2,1-4H3. The van der Waals surface area contributed by atoms with Gasteiger partial charge in [-0.15, -0.1) is 0 Å². The largest absolute Gasteiger partial charge is 0.393 e. The van der Waals surface area contributed by atoms with Crippen molar-refractivity contribution in [1.29, 1.82) is 0 Å². The van der Waals surface area contributed by atoms with Gasteiger partial charge >= 0.3 is 0 Å². The zero-order valence-electron chi connectivity index (χ0n) is 11.5. The second-order valence-electron chi connectivity index (χ2n) is 5.80. The van der Waals surface area contributed by atoms with Crippen molar-refractivity contribution in [1.82, 2.24) is 0 Å². The Labute approximate surface area is 110 Å². The van der Waals surface area contributed by atoms with E-state index in [-0.39, 0.29) is 17.6 Å². The molecule has 0 radical (unpaired) electrons. The first kappa shape index (κ1) is 15.2. The molecular formula is C14H22O3S. The SMILES string of the molecule is Cc1ccc(S(=O)(=O)CCC(O)C(C)(C)C)cc1. The highest BCUT2D eigenvalue weighted by Crippen LogP contribution is 2.23. The third-order valence-corrected chi connectivity index (χ3v) is 4.80. The van der Waals surface area contributed by atoms with Gasteiger partial charge in [-0.05, 0) is 30.9 Å². The first-order valence-corrected chi connectivity index (χ1v) is 7.75. The minimum atomic E-state index is -3.29. The van der Waals surface area contributed by atoms with Crippen LogP contribution in [0, 0.1) is 12.3 Å². The zero-order valence-corrected chi connectivity index (χ0v) is 12.3. The van der Waals surface area contributed by atoms with Crippen LogP contribution in [0.1, 0.15) is 32.8 Å². The summed E-state index contributed by atoms with van der Waals surface area (Å²) in [6.45, 7) is 7.61. The number of sulfone groups is 1. The molecule has 1 N–H and O–H groups in total. The van der Waals surface area contributed by atoms with Gasteiger partial charge in [-0.2, -0.15) is 0 Å². The second kappa shape index (κ2) is 5.41. The van der Waals surface area contributed by atoms with Crippen molar-refractivity contribution in [2.24, 2.45) is 5.41 Å². The molecule has 4 heteroatoms. The molecule has 0 saturated heterocycles. The van der Waals surface area contributed by atoms with Crippen molar-refractivity contribution in [3.63, 3.8) is 0 Å². The molecule has 0 aliphatic rings. The number of hydrogen-bond acceptors (Lipinski definition) is 3. The molecule has 1 rings (SSSR count). The van der Waals surface area contributed by atoms with E-state index in [9.17, 15) is 13.5 Å². The van der Waals surface area contributed by atoms with Crippen molar-refractivity contribution in [3.05, 3.63) is 29.8 Å². The van der Waals surface area contributed by atoms with E-state index in [1.54, 1.807) is 24.3 Å². The summed E-state index contributed by atoms with van der Waals surface area (Å²) in [5.74, 6) is -0.0193. The van der Waals surface area contributed by atoms with E-state index in [1.807, 2.05) is 27.7 Å². The summed E-state index contributed by atoms with van der Waals surface area (Å²) in [6.07, 6.45) is -0.350. The Morgan fingerprint density at radius 3 is 2.11 bits per heavy atom. The molecule has 0 fully saturated rings. The number of rotatable bonds is 4. The van der Waals surface area contributed by atoms with Crippen molar-refractivity contribution < 1.29 is 13.5 Å². The van der Waals surface area contributed by atoms with Crippen molar-refractivity contribution >= 4 is 9.84 Å². The highest BCUT2D eigenvalue weighted by Gasteiger charge is 2.24. The van der Waals surface area contributed by atoms with Gasteiger partial charge < -0.3 is 5.11 Å². The average Bonchev–Trinajstić information content (AvgIpc) is 2.25. The third kappa shape index (κ3) is 4.10. The maximum absolute atomic E-state index is 12.1. The summed E-state index contributed by atoms with van der Waals surface area (Å²) in [6, 6.07) is 6.81. The fourth-order valence-corrected chi connectivity index (χ4v) is 2.88. The molecule has 0 aliphatic carbocycles. The molecule has 1 atom stereocenters. The second-order valence-corrected chi connectivity index (χ2v) is 7.91. The molecule has 18 heavy (non-hydrogen) atoms. The minimum absolute atomic E-state index is 0.0193. The first-order chi connectivity index (χ1) is 8.13. The van der Waals surface area contributed by atoms with E-state index in [4.69, 9.17) is 0 Å². The van der Waals surface area contributed by atoms with E-state index < -0.39 is 15.9 Å². The van der Waals surface area contributed by atoms with Crippen LogP contribution in [0.25, 0.3) is 0 Å². The van der Waals surface area contributed by atoms with E-state index in [0.29, 0.717) is 4.90 Å². The molecule has 1 aromatic rings. The lowest BCUT2D eigenvalue weighted by molar-refractivity contribution is 0.0607. The number of aryl methyl sites for hydroxylation is 1. The Morgan fingerprint density at radius 1 is 1.17 bits per heavy atom. The van der Waals surface area contributed by atoms with Gasteiger partial charge in [-0.1, -0.05) is 38.5 Å². The van der Waals surface area contributed by atoms with Gasteiger partial charge in [0.2, 0.25) is 0 Å². The third-order valence-electron chi connectivity index (χ3n) is 3.04. The predicted molar refractivity (Wildman–Crippen MR) is 73.3 cm³/mol. The average molecular weight is 270 g/mol. The van der Waals surface area contributed by atoms with Crippen LogP contribution in [0.4, 0.5) is 0 Å². The van der Waals surface area contributed by atoms with Crippen LogP contribution in [0.5, 0.6) is 0 Å². The molecular weight excluding hydrogens is 248 g/mol. The summed E-state index contributed by atoms with van der Waals surface area (Å²) >= 11 is 0. The fourth-order valence-electron chi connectivity index (χ4n) is 1.56. The van der Waals surface area contributed by atoms with Gasteiger partial charge in [0, 0.05) is 0 Å². The van der Waals surface area contributed by atoms with E-state index >= 15 is 0 Å². The molecule has 1 unspecified atom stereocenters. The van der Waals surface area contributed by atoms with Crippen LogP contribution in [0.2, 0.25) is 0 Å². The highest BCUT2D eigenvalue weighted by molar-refractivity contribution is 7.91. The molecule has 0 spiro atoms. The summed E-state index contributed by atoms with van der Waals surface area (Å²) in [7, 11) is -3.29. The Morgan fingerprint density at radius 2 is 1.67 bits per heavy atom. The molecule has 0 aromatic heterocycles. The van der Waals surface area contributed by atoms with E-state index in [0.717, 1.165) is 5.56 Å². The number of hydrogen-bond donors (Lipinski definition) is 1. The smallest absolute Gasteiger partial charge is 0.178 e. The Balaban J connectivity index is 2.75. The van der Waals surface area contributed by atoms with Gasteiger partial charge in [0.1, 0.15) is 0 Å². The summed E-state index contributed by atoms with van der Waals surface area (Å²) in [5.41, 5.74) is 0.742. The van der Waals surface area contributed by atoms with Crippen molar-refractivity contribution in [2.75, 3.05) is 5.75 Å². The molecule has 3 nitrogen and oxygen atoms in total. The lowest BCUT2D eigenvalue weighted by atomic mass is 9.88. The normalized spacial score (nSPS) is 14.5. The lowest BCUT2D eigenvalue weighted by Crippen LogP contribution is -2.28. The molecule has 0 heterocycles. The van der Waals surface area contributed by atoms with Crippen LogP contribution >= 0.6 is 0 Å². The van der Waals surface area contributed by atoms with Crippen molar-refractivity contribution in [3.8, 4) is 0 Å². The van der Waals surface area contributed by atoms with Gasteiger partial charge in [-0.3, -0.25) is 0 Å². The van der Waals surface area contributed by atoms with Crippen LogP contribution in [0.15, 0.2) is 29.2 Å². The number of aliphatic hydroxyl groups excluding tert-OH is 1. The lowest BCUT2D eigenvalue weighted by Gasteiger charge is -2.25. The monoisotopic (exact) mass is 270 g/mol. The van der Waals surface area contributed by atoms with E-state index in [2.05, 4.69) is 0 Å². The number of aliphatic hydroxyl groups is 1. The van der Waals surface area contributed by atoms with Crippen molar-refractivity contribution in [2.45, 2.75) is 45.1 Å². The van der Waals surface area contributed by atoms with Crippen LogP contribution in [-0.4, -0.2) is 25.4 Å². The van der Waals surface area contributed by atoms with Gasteiger partial charge in [0.15, 0.2) is 9.84 Å². The summed E-state index contributed by atoms with van der Waals surface area (Å²) in [5, 5.41) is 9.88. The van der Waals surface area contributed by atoms with Crippen LogP contribution in [-0.2, 0) is 9.84 Å². The highest BCUT2D eigenvalue weighted by atomic mass is 32.2. The van der Waals surface area contributed by atoms with Crippen LogP contribution in [0.3, 0.4) is 0 Å². The maximum Gasteiger partial charge on any atom is 0.178 e. The molecule has 0 amide bonds. The molecule has 0 aliphatic heterocycles. The Bertz CT molecular complexity index is 481. The summed E-state index contributed by atoms with van der Waals surface area (Å²) in [4.78, 5) is 0.328. The van der Waals surface area contributed by atoms with Gasteiger partial charge in [0.25, 0.3) is 0 Å². The predicted octanol–water partition coefficient (Wildman–Crippen LogP) is 2.57. The maximum atomic E-state index is 12.1. The summed E-state index contributed by atoms with van der Waals surface area (Å²) < 4.78 is 24.1. The van der Waals surface area contributed by atoms with Gasteiger partial charge in [0.05, 0.1) is 16.8 Å². The van der Waals surface area contributed by atoms with E-state index in [1.165, 1.54) is 0 Å².